The van der Waals surface area contributed by atoms with E-state index in [0.717, 1.165) is 0 Å². The number of nitrogens with zero attached hydrogens (tertiary/aromatic N) is 1. The topological polar surface area (TPSA) is 81.0 Å². The third-order valence-electron chi connectivity index (χ3n) is 0.883. The summed E-state index contributed by atoms with van der Waals surface area (Å²) in [6.45, 7) is 0.944. The predicted molar refractivity (Wildman–Crippen MR) is 40.1 cm³/mol. The van der Waals surface area contributed by atoms with Crippen molar-refractivity contribution in [3.63, 3.8) is 0 Å². The molecule has 0 aliphatic carbocycles. The molecule has 0 saturated carbocycles. The van der Waals surface area contributed by atoms with Gasteiger partial charge in [-0.1, -0.05) is 0 Å². The lowest BCUT2D eigenvalue weighted by Gasteiger charge is -2.11. The molecule has 1 unspecified atom stereocenters. The summed E-state index contributed by atoms with van der Waals surface area (Å²) < 4.78 is 0. The summed E-state index contributed by atoms with van der Waals surface area (Å²) in [5, 5.41) is 23.6. The van der Waals surface area contributed by atoms with Crippen LogP contribution in [0.2, 0.25) is 0 Å². The Kier molecular flexibility index (Phi) is 8.80. The Morgan fingerprint density at radius 3 is 1.73 bits per heavy atom. The third-order valence-corrected chi connectivity index (χ3v) is 0.883. The van der Waals surface area contributed by atoms with E-state index in [0.29, 0.717) is 0 Å². The van der Waals surface area contributed by atoms with Crippen molar-refractivity contribution in [1.29, 1.82) is 0 Å². The van der Waals surface area contributed by atoms with Crippen molar-refractivity contribution in [3.05, 3.63) is 0 Å². The van der Waals surface area contributed by atoms with E-state index in [4.69, 9.17) is 20.1 Å². The molecule has 0 aromatic rings. The molecule has 0 heterocycles. The van der Waals surface area contributed by atoms with Gasteiger partial charge in [0.25, 0.3) is 0 Å². The number of hydrogen-bond donors (Lipinski definition) is 3. The van der Waals surface area contributed by atoms with Gasteiger partial charge in [-0.3, -0.25) is 4.90 Å². The van der Waals surface area contributed by atoms with E-state index in [2.05, 4.69) is 0 Å². The van der Waals surface area contributed by atoms with Gasteiger partial charge in [0.1, 0.15) is 12.8 Å². The average Bonchev–Trinajstić information content (AvgIpc) is 1.89. The molecule has 0 aromatic heterocycles. The molecule has 5 heteroatoms. The Bertz CT molecular complexity index is 96.8. The molecule has 0 aliphatic rings. The number of carboxylic acids is 1. The molecule has 5 nitrogen and oxygen atoms in total. The molecule has 68 valence electrons. The lowest BCUT2D eigenvalue weighted by atomic mass is 10.6. The van der Waals surface area contributed by atoms with Crippen LogP contribution in [0.4, 0.5) is 0 Å². The summed E-state index contributed by atoms with van der Waals surface area (Å²) in [6, 6.07) is 0. The summed E-state index contributed by atoms with van der Waals surface area (Å²) in [5.41, 5.74) is 0. The standard InChI is InChI=1S/C4H11NO.C2H4O3/c1-4(6)5(2)3;3-1-2(4)5/h4,6H,1-3H3;3H,1H2,(H,4,5). The van der Waals surface area contributed by atoms with Crippen molar-refractivity contribution in [2.24, 2.45) is 0 Å². The van der Waals surface area contributed by atoms with E-state index in [1.807, 2.05) is 14.1 Å². The molecule has 0 fully saturated rings. The zero-order valence-electron chi connectivity index (χ0n) is 6.98. The zero-order chi connectivity index (χ0) is 9.44. The first-order valence-electron chi connectivity index (χ1n) is 3.09. The van der Waals surface area contributed by atoms with Gasteiger partial charge in [0.15, 0.2) is 0 Å². The Morgan fingerprint density at radius 1 is 1.55 bits per heavy atom. The highest BCUT2D eigenvalue weighted by Gasteiger charge is 1.92. The second-order valence-electron chi connectivity index (χ2n) is 2.15. The summed E-state index contributed by atoms with van der Waals surface area (Å²) in [7, 11) is 3.65. The van der Waals surface area contributed by atoms with Gasteiger partial charge in [-0.05, 0) is 21.0 Å². The summed E-state index contributed by atoms with van der Waals surface area (Å²) in [6.07, 6.45) is -0.315. The highest BCUT2D eigenvalue weighted by atomic mass is 16.4. The van der Waals surface area contributed by atoms with E-state index in [1.165, 1.54) is 0 Å². The van der Waals surface area contributed by atoms with Crippen LogP contribution < -0.4 is 0 Å². The molecule has 0 rings (SSSR count). The van der Waals surface area contributed by atoms with Gasteiger partial charge in [-0.15, -0.1) is 0 Å². The van der Waals surface area contributed by atoms with Crippen LogP contribution in [-0.2, 0) is 4.79 Å². The van der Waals surface area contributed by atoms with Crippen LogP contribution in [0.1, 0.15) is 6.92 Å². The fourth-order valence-corrected chi connectivity index (χ4v) is 0. The lowest BCUT2D eigenvalue weighted by Crippen LogP contribution is -2.23. The van der Waals surface area contributed by atoms with Crippen LogP contribution in [0.15, 0.2) is 0 Å². The Morgan fingerprint density at radius 2 is 1.73 bits per heavy atom. The number of rotatable bonds is 2. The maximum Gasteiger partial charge on any atom is 0.329 e. The van der Waals surface area contributed by atoms with E-state index in [-0.39, 0.29) is 6.23 Å². The van der Waals surface area contributed by atoms with E-state index < -0.39 is 12.6 Å². The number of carboxylic acid groups (broad SMARTS) is 1. The Labute approximate surface area is 65.9 Å². The van der Waals surface area contributed by atoms with Crippen LogP contribution in [0, 0.1) is 0 Å². The molecule has 0 spiro atoms. The summed E-state index contributed by atoms with van der Waals surface area (Å²) in [4.78, 5) is 10.8. The van der Waals surface area contributed by atoms with Crippen molar-refractivity contribution in [2.75, 3.05) is 20.7 Å². The summed E-state index contributed by atoms with van der Waals surface area (Å²) >= 11 is 0. The second-order valence-corrected chi connectivity index (χ2v) is 2.15. The third kappa shape index (κ3) is 17.6. The van der Waals surface area contributed by atoms with Crippen molar-refractivity contribution in [3.8, 4) is 0 Å². The molecule has 11 heavy (non-hydrogen) atoms. The second kappa shape index (κ2) is 7.46. The maximum atomic E-state index is 9.12. The molecule has 0 radical (unpaired) electrons. The van der Waals surface area contributed by atoms with E-state index in [1.54, 1.807) is 11.8 Å². The van der Waals surface area contributed by atoms with Crippen LogP contribution in [-0.4, -0.2) is 53.1 Å². The molecular weight excluding hydrogens is 150 g/mol. The lowest BCUT2D eigenvalue weighted by molar-refractivity contribution is -0.140. The van der Waals surface area contributed by atoms with Gasteiger partial charge in [-0.2, -0.15) is 0 Å². The van der Waals surface area contributed by atoms with Gasteiger partial charge in [0.2, 0.25) is 0 Å². The van der Waals surface area contributed by atoms with E-state index in [9.17, 15) is 0 Å². The highest BCUT2D eigenvalue weighted by molar-refractivity contribution is 5.67. The smallest absolute Gasteiger partial charge is 0.329 e. The maximum absolute atomic E-state index is 9.12. The monoisotopic (exact) mass is 165 g/mol. The molecule has 1 atom stereocenters. The van der Waals surface area contributed by atoms with Crippen LogP contribution in [0.25, 0.3) is 0 Å². The minimum atomic E-state index is -1.19. The summed E-state index contributed by atoms with van der Waals surface area (Å²) in [5.74, 6) is -1.19. The fourth-order valence-electron chi connectivity index (χ4n) is 0. The number of aliphatic hydroxyl groups excluding tert-OH is 2. The number of aliphatic hydroxyl groups is 2. The molecular formula is C6H15NO4. The van der Waals surface area contributed by atoms with Gasteiger partial charge < -0.3 is 15.3 Å². The SMILES string of the molecule is CC(O)N(C)C.O=C(O)CO. The first-order valence-corrected chi connectivity index (χ1v) is 3.09. The first-order chi connectivity index (χ1) is 4.91. The fraction of sp³-hybridized carbons (Fsp3) is 0.833. The normalized spacial score (nSPS) is 11.8. The quantitative estimate of drug-likeness (QED) is 0.455. The van der Waals surface area contributed by atoms with Gasteiger partial charge in [0, 0.05) is 0 Å². The molecule has 0 aromatic carbocycles. The number of hydrogen-bond acceptors (Lipinski definition) is 4. The number of aliphatic carboxylic acids is 1. The first kappa shape index (κ1) is 13.0. The average molecular weight is 165 g/mol. The van der Waals surface area contributed by atoms with Crippen molar-refractivity contribution in [1.82, 2.24) is 4.90 Å². The van der Waals surface area contributed by atoms with Crippen molar-refractivity contribution >= 4 is 5.97 Å². The van der Waals surface area contributed by atoms with Crippen LogP contribution in [0.3, 0.4) is 0 Å². The minimum Gasteiger partial charge on any atom is -0.480 e. The van der Waals surface area contributed by atoms with Gasteiger partial charge in [-0.25, -0.2) is 4.79 Å². The zero-order valence-corrected chi connectivity index (χ0v) is 6.98. The molecule has 0 saturated heterocycles. The van der Waals surface area contributed by atoms with Crippen LogP contribution in [0.5, 0.6) is 0 Å². The van der Waals surface area contributed by atoms with Crippen molar-refractivity contribution in [2.45, 2.75) is 13.2 Å². The predicted octanol–water partition coefficient (Wildman–Crippen LogP) is -1.05. The largest absolute Gasteiger partial charge is 0.480 e. The molecule has 3 N–H and O–H groups in total. The van der Waals surface area contributed by atoms with Crippen LogP contribution >= 0.6 is 0 Å². The Hall–Kier alpha value is -0.650. The highest BCUT2D eigenvalue weighted by Crippen LogP contribution is 1.79. The van der Waals surface area contributed by atoms with Gasteiger partial charge in [0.05, 0.1) is 0 Å². The van der Waals surface area contributed by atoms with E-state index >= 15 is 0 Å². The van der Waals surface area contributed by atoms with Gasteiger partial charge >= 0.3 is 5.97 Å². The van der Waals surface area contributed by atoms with Crippen molar-refractivity contribution < 1.29 is 20.1 Å². The Balaban J connectivity index is 0. The molecule has 0 amide bonds. The minimum absolute atomic E-state index is 0.315. The molecule has 0 aliphatic heterocycles. The number of carbonyl (C=O) groups is 1. The molecule has 0 bridgehead atoms.